The summed E-state index contributed by atoms with van der Waals surface area (Å²) >= 11 is 0. The van der Waals surface area contributed by atoms with E-state index in [1.54, 1.807) is 7.11 Å². The van der Waals surface area contributed by atoms with Crippen molar-refractivity contribution >= 4 is 23.0 Å². The first-order chi connectivity index (χ1) is 16.6. The van der Waals surface area contributed by atoms with Gasteiger partial charge in [0.15, 0.2) is 0 Å². The molecule has 2 aromatic carbocycles. The highest BCUT2D eigenvalue weighted by Gasteiger charge is 2.33. The Morgan fingerprint density at radius 3 is 2.41 bits per heavy atom. The molecular weight excluding hydrogens is 428 g/mol. The van der Waals surface area contributed by atoms with E-state index in [-0.39, 0.29) is 11.8 Å². The van der Waals surface area contributed by atoms with Crippen LogP contribution in [0.1, 0.15) is 29.9 Å². The van der Waals surface area contributed by atoms with Gasteiger partial charge in [0, 0.05) is 61.9 Å². The molecule has 2 fully saturated rings. The molecule has 2 aliphatic heterocycles. The normalized spacial score (nSPS) is 21.2. The highest BCUT2D eigenvalue weighted by atomic mass is 16.5. The minimum absolute atomic E-state index is 0.0729. The van der Waals surface area contributed by atoms with Crippen LogP contribution in [0.3, 0.4) is 0 Å². The number of hydrogen-bond acceptors (Lipinski definition) is 6. The monoisotopic (exact) mass is 464 g/mol. The second-order valence-corrected chi connectivity index (χ2v) is 9.55. The number of methoxy groups -OCH3 is 1. The fraction of sp³-hybridized carbons (Fsp3) is 0.519. The first-order valence-corrected chi connectivity index (χ1v) is 12.5. The summed E-state index contributed by atoms with van der Waals surface area (Å²) in [5, 5.41) is 3.21. The Labute approximate surface area is 202 Å². The predicted octanol–water partition coefficient (Wildman–Crippen LogP) is 3.34. The molecule has 1 aliphatic carbocycles. The molecule has 7 nitrogen and oxygen atoms in total. The third kappa shape index (κ3) is 4.72. The quantitative estimate of drug-likeness (QED) is 0.733. The van der Waals surface area contributed by atoms with Gasteiger partial charge in [-0.3, -0.25) is 4.79 Å². The number of morpholine rings is 1. The van der Waals surface area contributed by atoms with E-state index in [2.05, 4.69) is 51.3 Å². The van der Waals surface area contributed by atoms with Gasteiger partial charge in [0.2, 0.25) is 5.91 Å². The fourth-order valence-electron chi connectivity index (χ4n) is 5.49. The number of likely N-dealkylation sites (N-methyl/N-ethyl adjacent to an activating group) is 1. The van der Waals surface area contributed by atoms with Gasteiger partial charge in [0.1, 0.15) is 5.75 Å². The highest BCUT2D eigenvalue weighted by molar-refractivity contribution is 5.97. The number of nitrogens with one attached hydrogen (secondary N) is 1. The second kappa shape index (κ2) is 10.2. The molecule has 0 radical (unpaired) electrons. The molecule has 1 N–H and O–H groups in total. The lowest BCUT2D eigenvalue weighted by atomic mass is 9.80. The Morgan fingerprint density at radius 1 is 0.971 bits per heavy atom. The van der Waals surface area contributed by atoms with Crippen molar-refractivity contribution in [3.63, 3.8) is 0 Å². The second-order valence-electron chi connectivity index (χ2n) is 9.55. The van der Waals surface area contributed by atoms with Gasteiger partial charge < -0.3 is 29.5 Å². The Bertz CT molecular complexity index is 996. The van der Waals surface area contributed by atoms with E-state index >= 15 is 0 Å². The van der Waals surface area contributed by atoms with Gasteiger partial charge in [0.05, 0.1) is 26.2 Å². The first kappa shape index (κ1) is 23.0. The van der Waals surface area contributed by atoms with Crippen molar-refractivity contribution in [3.05, 3.63) is 47.5 Å². The molecule has 0 saturated carbocycles. The topological polar surface area (TPSA) is 57.3 Å². The molecule has 2 saturated heterocycles. The van der Waals surface area contributed by atoms with Crippen LogP contribution < -0.4 is 19.9 Å². The van der Waals surface area contributed by atoms with E-state index in [9.17, 15) is 4.79 Å². The van der Waals surface area contributed by atoms with E-state index in [4.69, 9.17) is 9.47 Å². The Hall–Kier alpha value is -2.77. The SMILES string of the molecule is COc1ccc(N2CCN(C)CC2)c2c1CCCC2C(=O)Nc1ccc(N2CCOCC2)cc1. The van der Waals surface area contributed by atoms with Crippen molar-refractivity contribution in [3.8, 4) is 5.75 Å². The van der Waals surface area contributed by atoms with E-state index < -0.39 is 0 Å². The molecule has 0 spiro atoms. The molecule has 34 heavy (non-hydrogen) atoms. The summed E-state index contributed by atoms with van der Waals surface area (Å²) < 4.78 is 11.2. The summed E-state index contributed by atoms with van der Waals surface area (Å²) in [5.74, 6) is 0.802. The zero-order valence-electron chi connectivity index (χ0n) is 20.4. The number of ether oxygens (including phenoxy) is 2. The Morgan fingerprint density at radius 2 is 1.71 bits per heavy atom. The number of fused-ring (bicyclic) bond motifs is 1. The molecule has 7 heteroatoms. The number of rotatable bonds is 5. The molecule has 2 heterocycles. The van der Waals surface area contributed by atoms with Crippen molar-refractivity contribution in [2.75, 3.05) is 81.8 Å². The molecule has 1 unspecified atom stereocenters. The maximum absolute atomic E-state index is 13.6. The molecular formula is C27H36N4O3. The van der Waals surface area contributed by atoms with Crippen LogP contribution in [-0.2, 0) is 16.0 Å². The number of hydrogen-bond donors (Lipinski definition) is 1. The van der Waals surface area contributed by atoms with Crippen LogP contribution in [0.4, 0.5) is 17.1 Å². The number of carbonyl (C=O) groups excluding carboxylic acids is 1. The summed E-state index contributed by atoms with van der Waals surface area (Å²) in [6.07, 6.45) is 2.81. The number of amides is 1. The summed E-state index contributed by atoms with van der Waals surface area (Å²) in [6, 6.07) is 12.4. The van der Waals surface area contributed by atoms with Crippen molar-refractivity contribution in [1.29, 1.82) is 0 Å². The highest BCUT2D eigenvalue weighted by Crippen LogP contribution is 2.43. The summed E-state index contributed by atoms with van der Waals surface area (Å²) in [6.45, 7) is 7.36. The van der Waals surface area contributed by atoms with E-state index in [1.807, 2.05) is 12.1 Å². The van der Waals surface area contributed by atoms with E-state index in [0.717, 1.165) is 88.7 Å². The van der Waals surface area contributed by atoms with Gasteiger partial charge in [-0.2, -0.15) is 0 Å². The largest absolute Gasteiger partial charge is 0.496 e. The molecule has 2 aromatic rings. The average Bonchev–Trinajstić information content (AvgIpc) is 2.89. The third-order valence-corrected chi connectivity index (χ3v) is 7.45. The molecule has 182 valence electrons. The van der Waals surface area contributed by atoms with Crippen LogP contribution in [0.2, 0.25) is 0 Å². The lowest BCUT2D eigenvalue weighted by Gasteiger charge is -2.38. The molecule has 1 atom stereocenters. The maximum Gasteiger partial charge on any atom is 0.232 e. The van der Waals surface area contributed by atoms with Gasteiger partial charge in [0.25, 0.3) is 0 Å². The number of nitrogens with zero attached hydrogens (tertiary/aromatic N) is 3. The molecule has 1 amide bonds. The van der Waals surface area contributed by atoms with Gasteiger partial charge in [-0.05, 0) is 68.3 Å². The molecule has 0 aromatic heterocycles. The first-order valence-electron chi connectivity index (χ1n) is 12.5. The minimum Gasteiger partial charge on any atom is -0.496 e. The van der Waals surface area contributed by atoms with Gasteiger partial charge >= 0.3 is 0 Å². The van der Waals surface area contributed by atoms with Crippen molar-refractivity contribution in [2.24, 2.45) is 0 Å². The maximum atomic E-state index is 13.6. The summed E-state index contributed by atoms with van der Waals surface area (Å²) in [5.41, 5.74) is 5.58. The lowest BCUT2D eigenvalue weighted by molar-refractivity contribution is -0.117. The predicted molar refractivity (Wildman–Crippen MR) is 136 cm³/mol. The van der Waals surface area contributed by atoms with Crippen LogP contribution >= 0.6 is 0 Å². The molecule has 0 bridgehead atoms. The Kier molecular flexibility index (Phi) is 6.92. The number of anilines is 3. The minimum atomic E-state index is -0.174. The fourth-order valence-corrected chi connectivity index (χ4v) is 5.49. The van der Waals surface area contributed by atoms with Crippen LogP contribution in [0, 0.1) is 0 Å². The number of piperazine rings is 1. The van der Waals surface area contributed by atoms with E-state index in [1.165, 1.54) is 16.9 Å². The van der Waals surface area contributed by atoms with Gasteiger partial charge in [-0.15, -0.1) is 0 Å². The zero-order chi connectivity index (χ0) is 23.5. The van der Waals surface area contributed by atoms with Crippen LogP contribution in [0.15, 0.2) is 36.4 Å². The third-order valence-electron chi connectivity index (χ3n) is 7.45. The standard InChI is InChI=1S/C27H36N4O3/c1-29-12-14-31(15-13-29)24-10-11-25(33-2)22-4-3-5-23(26(22)24)27(32)28-20-6-8-21(9-7-20)30-16-18-34-19-17-30/h6-11,23H,3-5,12-19H2,1-2H3,(H,28,32). The van der Waals surface area contributed by atoms with Crippen molar-refractivity contribution in [2.45, 2.75) is 25.2 Å². The number of carbonyl (C=O) groups is 1. The van der Waals surface area contributed by atoms with Crippen molar-refractivity contribution < 1.29 is 14.3 Å². The average molecular weight is 465 g/mol. The zero-order valence-corrected chi connectivity index (χ0v) is 20.4. The molecule has 5 rings (SSSR count). The number of benzene rings is 2. The van der Waals surface area contributed by atoms with Crippen LogP contribution in [0.5, 0.6) is 5.75 Å². The smallest absolute Gasteiger partial charge is 0.232 e. The van der Waals surface area contributed by atoms with Crippen LogP contribution in [0.25, 0.3) is 0 Å². The van der Waals surface area contributed by atoms with Crippen molar-refractivity contribution in [1.82, 2.24) is 4.90 Å². The summed E-state index contributed by atoms with van der Waals surface area (Å²) in [4.78, 5) is 20.7. The van der Waals surface area contributed by atoms with Gasteiger partial charge in [-0.1, -0.05) is 0 Å². The molecule has 3 aliphatic rings. The lowest BCUT2D eigenvalue weighted by Crippen LogP contribution is -2.45. The van der Waals surface area contributed by atoms with Crippen LogP contribution in [-0.4, -0.2) is 77.4 Å². The van der Waals surface area contributed by atoms with Gasteiger partial charge in [-0.25, -0.2) is 0 Å². The summed E-state index contributed by atoms with van der Waals surface area (Å²) in [7, 11) is 3.90. The van der Waals surface area contributed by atoms with E-state index in [0.29, 0.717) is 0 Å². The Balaban J connectivity index is 1.38.